The van der Waals surface area contributed by atoms with Gasteiger partial charge in [-0.15, -0.1) is 0 Å². The molecule has 4 aromatic rings. The Morgan fingerprint density at radius 2 is 0.727 bits per heavy atom. The predicted molar refractivity (Wildman–Crippen MR) is 178 cm³/mol. The van der Waals surface area contributed by atoms with E-state index in [0.29, 0.717) is 47.7 Å². The molecule has 5 heteroatoms. The second-order valence-corrected chi connectivity index (χ2v) is 12.0. The van der Waals surface area contributed by atoms with Gasteiger partial charge < -0.3 is 18.9 Å². The summed E-state index contributed by atoms with van der Waals surface area (Å²) < 4.78 is 22.4. The molecule has 44 heavy (non-hydrogen) atoms. The molecule has 0 aliphatic rings. The van der Waals surface area contributed by atoms with Gasteiger partial charge in [-0.3, -0.25) is 4.79 Å². The van der Waals surface area contributed by atoms with Gasteiger partial charge >= 0.3 is 0 Å². The summed E-state index contributed by atoms with van der Waals surface area (Å²) in [7, 11) is 6.59. The maximum Gasteiger partial charge on any atom is 0.134 e. The molecule has 0 bridgehead atoms. The smallest absolute Gasteiger partial charge is 0.134 e. The van der Waals surface area contributed by atoms with Crippen LogP contribution < -0.4 is 18.9 Å². The predicted octanol–water partition coefficient (Wildman–Crippen LogP) is 9.28. The third-order valence-electron chi connectivity index (χ3n) is 8.43. The molecule has 0 fully saturated rings. The molecule has 0 radical (unpaired) electrons. The zero-order chi connectivity index (χ0) is 31.8. The topological polar surface area (TPSA) is 54.0 Å². The number of ether oxygens (including phenoxy) is 4. The maximum absolute atomic E-state index is 14.2. The van der Waals surface area contributed by atoms with Crippen molar-refractivity contribution in [2.45, 2.75) is 64.2 Å². The molecule has 4 aromatic carbocycles. The van der Waals surface area contributed by atoms with Crippen LogP contribution in [-0.4, -0.2) is 34.2 Å². The van der Waals surface area contributed by atoms with E-state index in [2.05, 4.69) is 76.2 Å². The van der Waals surface area contributed by atoms with Crippen molar-refractivity contribution in [1.82, 2.24) is 0 Å². The summed E-state index contributed by atoms with van der Waals surface area (Å²) in [4.78, 5) is 14.2. The first-order valence-electron chi connectivity index (χ1n) is 15.3. The second-order valence-electron chi connectivity index (χ2n) is 12.0. The summed E-state index contributed by atoms with van der Waals surface area (Å²) in [5, 5.41) is 0. The van der Waals surface area contributed by atoms with Crippen LogP contribution in [0.5, 0.6) is 23.0 Å². The van der Waals surface area contributed by atoms with Crippen molar-refractivity contribution < 1.29 is 23.7 Å². The fourth-order valence-corrected chi connectivity index (χ4v) is 5.68. The van der Waals surface area contributed by atoms with Crippen molar-refractivity contribution >= 4 is 5.78 Å². The Balaban J connectivity index is 1.75. The molecule has 5 nitrogen and oxygen atoms in total. The Kier molecular flexibility index (Phi) is 11.1. The number of Topliss-reactive ketones (excluding diaryl/α,β-unsaturated/α-hetero) is 1. The number of carbonyl (C=O) groups is 1. The largest absolute Gasteiger partial charge is 0.497 e. The minimum absolute atomic E-state index is 0.157. The summed E-state index contributed by atoms with van der Waals surface area (Å²) in [5.74, 6) is 3.44. The summed E-state index contributed by atoms with van der Waals surface area (Å²) in [6.07, 6.45) is 0.665. The second kappa shape index (κ2) is 15.0. The normalized spacial score (nSPS) is 12.6. The van der Waals surface area contributed by atoms with Crippen LogP contribution in [0.4, 0.5) is 0 Å². The maximum atomic E-state index is 14.2. The van der Waals surface area contributed by atoms with Crippen LogP contribution in [0, 0.1) is 0 Å². The van der Waals surface area contributed by atoms with E-state index in [1.807, 2.05) is 36.4 Å². The molecule has 0 N–H and O–H groups in total. The van der Waals surface area contributed by atoms with Crippen LogP contribution in [-0.2, 0) is 4.79 Å². The van der Waals surface area contributed by atoms with Crippen molar-refractivity contribution in [1.29, 1.82) is 0 Å². The molecule has 0 saturated carbocycles. The van der Waals surface area contributed by atoms with E-state index in [0.717, 1.165) is 22.3 Å². The first-order chi connectivity index (χ1) is 21.1. The van der Waals surface area contributed by atoms with Crippen molar-refractivity contribution in [3.05, 3.63) is 118 Å². The molecule has 0 amide bonds. The molecule has 0 aliphatic heterocycles. The first-order valence-corrected chi connectivity index (χ1v) is 15.3. The fraction of sp³-hybridized carbons (Fsp3) is 0.359. The highest BCUT2D eigenvalue weighted by molar-refractivity contribution is 5.81. The highest BCUT2D eigenvalue weighted by Crippen LogP contribution is 2.38. The Hall–Kier alpha value is -4.25. The lowest BCUT2D eigenvalue weighted by molar-refractivity contribution is -0.119. The Bertz CT molecular complexity index is 1360. The van der Waals surface area contributed by atoms with Gasteiger partial charge in [0.15, 0.2) is 0 Å². The molecular formula is C39H46O5. The van der Waals surface area contributed by atoms with Gasteiger partial charge in [0.25, 0.3) is 0 Å². The van der Waals surface area contributed by atoms with Crippen LogP contribution in [0.25, 0.3) is 0 Å². The number of rotatable bonds is 14. The highest BCUT2D eigenvalue weighted by Gasteiger charge is 2.25. The fourth-order valence-electron chi connectivity index (χ4n) is 5.68. The number of methoxy groups -OCH3 is 4. The average molecular weight is 595 g/mol. The van der Waals surface area contributed by atoms with E-state index in [4.69, 9.17) is 18.9 Å². The molecule has 0 aromatic heterocycles. The lowest BCUT2D eigenvalue weighted by Gasteiger charge is -2.23. The average Bonchev–Trinajstić information content (AvgIpc) is 3.05. The summed E-state index contributed by atoms with van der Waals surface area (Å²) in [5.41, 5.74) is 6.65. The number of ketones is 1. The number of carbonyl (C=O) groups excluding carboxylic acids is 1. The highest BCUT2D eigenvalue weighted by atomic mass is 16.5. The molecule has 0 aliphatic carbocycles. The summed E-state index contributed by atoms with van der Waals surface area (Å²) in [6, 6.07) is 29.0. The van der Waals surface area contributed by atoms with E-state index in [-0.39, 0.29) is 17.6 Å². The Morgan fingerprint density at radius 1 is 0.455 bits per heavy atom. The van der Waals surface area contributed by atoms with E-state index in [1.165, 1.54) is 11.1 Å². The van der Waals surface area contributed by atoms with E-state index >= 15 is 0 Å². The Labute approximate surface area is 263 Å². The SMILES string of the molecule is COc1cc(OC)cc(C(CC(=O)CC(c2ccc(C(C)C)cc2)c2cc(OC)cc(OC)c2)c2ccc(C(C)C)cc2)c1. The van der Waals surface area contributed by atoms with Crippen LogP contribution in [0.1, 0.15) is 97.6 Å². The third-order valence-corrected chi connectivity index (χ3v) is 8.43. The van der Waals surface area contributed by atoms with E-state index in [9.17, 15) is 4.79 Å². The molecule has 4 rings (SSSR count). The van der Waals surface area contributed by atoms with E-state index in [1.54, 1.807) is 28.4 Å². The lowest BCUT2D eigenvalue weighted by Crippen LogP contribution is -2.14. The number of hydrogen-bond acceptors (Lipinski definition) is 5. The molecule has 2 atom stereocenters. The van der Waals surface area contributed by atoms with Gasteiger partial charge in [-0.1, -0.05) is 76.2 Å². The molecule has 232 valence electrons. The van der Waals surface area contributed by atoms with Crippen LogP contribution in [0.2, 0.25) is 0 Å². The van der Waals surface area contributed by atoms with E-state index < -0.39 is 0 Å². The summed E-state index contributed by atoms with van der Waals surface area (Å²) >= 11 is 0. The molecule has 0 saturated heterocycles. The summed E-state index contributed by atoms with van der Waals surface area (Å²) in [6.45, 7) is 8.74. The van der Waals surface area contributed by atoms with Crippen molar-refractivity contribution in [3.63, 3.8) is 0 Å². The molecule has 0 heterocycles. The molecular weight excluding hydrogens is 548 g/mol. The van der Waals surface area contributed by atoms with Gasteiger partial charge in [-0.05, 0) is 69.5 Å². The van der Waals surface area contributed by atoms with Gasteiger partial charge in [0, 0.05) is 36.8 Å². The zero-order valence-electron chi connectivity index (χ0n) is 27.3. The number of hydrogen-bond donors (Lipinski definition) is 0. The van der Waals surface area contributed by atoms with Gasteiger partial charge in [-0.25, -0.2) is 0 Å². The van der Waals surface area contributed by atoms with Gasteiger partial charge in [0.2, 0.25) is 0 Å². The minimum Gasteiger partial charge on any atom is -0.497 e. The van der Waals surface area contributed by atoms with Gasteiger partial charge in [0.05, 0.1) is 28.4 Å². The zero-order valence-corrected chi connectivity index (χ0v) is 27.3. The van der Waals surface area contributed by atoms with Crippen LogP contribution in [0.15, 0.2) is 84.9 Å². The monoisotopic (exact) mass is 594 g/mol. The lowest BCUT2D eigenvalue weighted by atomic mass is 9.81. The van der Waals surface area contributed by atoms with Crippen LogP contribution >= 0.6 is 0 Å². The van der Waals surface area contributed by atoms with Crippen molar-refractivity contribution in [2.75, 3.05) is 28.4 Å². The Morgan fingerprint density at radius 3 is 0.977 bits per heavy atom. The quantitative estimate of drug-likeness (QED) is 0.146. The number of benzene rings is 4. The van der Waals surface area contributed by atoms with Gasteiger partial charge in [-0.2, -0.15) is 0 Å². The standard InChI is InChI=1S/C39H46O5/c1-25(2)27-9-13-29(14-10-27)38(31-17-34(41-5)23-35(18-31)42-6)21-33(40)22-39(30-15-11-28(12-16-30)26(3)4)32-19-36(43-7)24-37(20-32)44-8/h9-20,23-26,38-39H,21-22H2,1-8H3. The molecule has 2 unspecified atom stereocenters. The molecule has 0 spiro atoms. The van der Waals surface area contributed by atoms with Gasteiger partial charge in [0.1, 0.15) is 28.8 Å². The minimum atomic E-state index is -0.170. The van der Waals surface area contributed by atoms with Crippen molar-refractivity contribution in [2.24, 2.45) is 0 Å². The van der Waals surface area contributed by atoms with Crippen LogP contribution in [0.3, 0.4) is 0 Å². The van der Waals surface area contributed by atoms with Crippen molar-refractivity contribution in [3.8, 4) is 23.0 Å². The first kappa shape index (κ1) is 32.7. The third kappa shape index (κ3) is 8.02.